The van der Waals surface area contributed by atoms with E-state index in [9.17, 15) is 4.79 Å². The Balaban J connectivity index is 2.09. The molecule has 106 valence electrons. The van der Waals surface area contributed by atoms with Crippen molar-refractivity contribution in [3.63, 3.8) is 0 Å². The summed E-state index contributed by atoms with van der Waals surface area (Å²) in [6.07, 6.45) is 1.65. The van der Waals surface area contributed by atoms with Crippen LogP contribution in [0.3, 0.4) is 0 Å². The lowest BCUT2D eigenvalue weighted by atomic mass is 9.85. The third-order valence-electron chi connectivity index (χ3n) is 3.35. The molecule has 2 heterocycles. The van der Waals surface area contributed by atoms with Crippen LogP contribution in [0.25, 0.3) is 0 Å². The van der Waals surface area contributed by atoms with Crippen LogP contribution >= 0.6 is 0 Å². The van der Waals surface area contributed by atoms with Gasteiger partial charge >= 0.3 is 6.09 Å². The van der Waals surface area contributed by atoms with Crippen molar-refractivity contribution >= 4 is 6.09 Å². The van der Waals surface area contributed by atoms with E-state index in [2.05, 4.69) is 25.8 Å². The number of oxazole rings is 1. The minimum atomic E-state index is -0.263. The Morgan fingerprint density at radius 2 is 2.26 bits per heavy atom. The van der Waals surface area contributed by atoms with Gasteiger partial charge in [0.1, 0.15) is 5.76 Å². The lowest BCUT2D eigenvalue weighted by Crippen LogP contribution is -2.45. The Kier molecular flexibility index (Phi) is 3.83. The second-order valence-electron chi connectivity index (χ2n) is 5.71. The highest BCUT2D eigenvalue weighted by Crippen LogP contribution is 2.33. The third kappa shape index (κ3) is 2.91. The number of carbonyl (C=O) groups is 1. The number of ether oxygens (including phenoxy) is 1. The Morgan fingerprint density at radius 1 is 1.53 bits per heavy atom. The predicted molar refractivity (Wildman–Crippen MR) is 70.9 cm³/mol. The van der Waals surface area contributed by atoms with Crippen LogP contribution in [0.15, 0.2) is 4.42 Å². The highest BCUT2D eigenvalue weighted by Gasteiger charge is 2.38. The smallest absolute Gasteiger partial charge is 0.410 e. The van der Waals surface area contributed by atoms with E-state index >= 15 is 0 Å². The molecular formula is C14H22N2O3. The van der Waals surface area contributed by atoms with Crippen LogP contribution in [0.4, 0.5) is 4.79 Å². The number of fused-ring (bicyclic) bond motifs is 1. The van der Waals surface area contributed by atoms with E-state index in [0.29, 0.717) is 25.6 Å². The standard InChI is InChI=1S/C14H22N2O3/c1-5-6-7-18-13(17)16-8-11-12(14(3,4)9-16)15-10(2)19-11/h5-9H2,1-4H3. The molecular weight excluding hydrogens is 244 g/mol. The fourth-order valence-electron chi connectivity index (χ4n) is 2.41. The van der Waals surface area contributed by atoms with E-state index in [1.165, 1.54) is 0 Å². The number of hydrogen-bond donors (Lipinski definition) is 0. The number of aromatic nitrogens is 1. The van der Waals surface area contributed by atoms with Gasteiger partial charge in [-0.05, 0) is 6.42 Å². The third-order valence-corrected chi connectivity index (χ3v) is 3.35. The van der Waals surface area contributed by atoms with Gasteiger partial charge in [0.25, 0.3) is 0 Å². The molecule has 5 heteroatoms. The Bertz CT molecular complexity index is 465. The normalized spacial score (nSPS) is 17.2. The number of aryl methyl sites for hydroxylation is 1. The molecule has 0 fully saturated rings. The largest absolute Gasteiger partial charge is 0.449 e. The Hall–Kier alpha value is -1.52. The lowest BCUT2D eigenvalue weighted by Gasteiger charge is -2.35. The molecule has 0 saturated heterocycles. The maximum atomic E-state index is 12.0. The van der Waals surface area contributed by atoms with Crippen LogP contribution in [0, 0.1) is 6.92 Å². The Labute approximate surface area is 113 Å². The summed E-state index contributed by atoms with van der Waals surface area (Å²) in [6.45, 7) is 9.58. The van der Waals surface area contributed by atoms with Gasteiger partial charge in [0, 0.05) is 18.9 Å². The van der Waals surface area contributed by atoms with Crippen LogP contribution in [0.5, 0.6) is 0 Å². The molecule has 5 nitrogen and oxygen atoms in total. The van der Waals surface area contributed by atoms with Crippen molar-refractivity contribution in [2.24, 2.45) is 0 Å². The number of amides is 1. The van der Waals surface area contributed by atoms with Crippen LogP contribution in [-0.4, -0.2) is 29.1 Å². The molecule has 19 heavy (non-hydrogen) atoms. The minimum Gasteiger partial charge on any atom is -0.449 e. The Morgan fingerprint density at radius 3 is 2.95 bits per heavy atom. The number of nitrogens with zero attached hydrogens (tertiary/aromatic N) is 2. The molecule has 0 aromatic carbocycles. The van der Waals surface area contributed by atoms with Gasteiger partial charge in [-0.15, -0.1) is 0 Å². The maximum absolute atomic E-state index is 12.0. The predicted octanol–water partition coefficient (Wildman–Crippen LogP) is 3.01. The second-order valence-corrected chi connectivity index (χ2v) is 5.71. The van der Waals surface area contributed by atoms with Crippen molar-refractivity contribution in [1.82, 2.24) is 9.88 Å². The number of rotatable bonds is 3. The average Bonchev–Trinajstić information content (AvgIpc) is 2.70. The first-order valence-corrected chi connectivity index (χ1v) is 6.82. The van der Waals surface area contributed by atoms with E-state index in [4.69, 9.17) is 9.15 Å². The molecule has 1 aromatic rings. The van der Waals surface area contributed by atoms with Crippen molar-refractivity contribution in [2.45, 2.75) is 52.5 Å². The van der Waals surface area contributed by atoms with Crippen LogP contribution < -0.4 is 0 Å². The first-order chi connectivity index (χ1) is 8.94. The van der Waals surface area contributed by atoms with Gasteiger partial charge in [0.05, 0.1) is 18.8 Å². The average molecular weight is 266 g/mol. The summed E-state index contributed by atoms with van der Waals surface area (Å²) in [4.78, 5) is 18.1. The summed E-state index contributed by atoms with van der Waals surface area (Å²) < 4.78 is 10.8. The summed E-state index contributed by atoms with van der Waals surface area (Å²) in [5.41, 5.74) is 0.761. The highest BCUT2D eigenvalue weighted by molar-refractivity contribution is 5.68. The molecule has 1 aliphatic heterocycles. The minimum absolute atomic E-state index is 0.199. The fraction of sp³-hybridized carbons (Fsp3) is 0.714. The molecule has 1 aromatic heterocycles. The molecule has 0 unspecified atom stereocenters. The van der Waals surface area contributed by atoms with E-state index in [0.717, 1.165) is 24.3 Å². The second kappa shape index (κ2) is 5.23. The lowest BCUT2D eigenvalue weighted by molar-refractivity contribution is 0.0819. The molecule has 0 atom stereocenters. The van der Waals surface area contributed by atoms with Crippen LogP contribution in [0.1, 0.15) is 51.0 Å². The zero-order valence-corrected chi connectivity index (χ0v) is 12.2. The van der Waals surface area contributed by atoms with Gasteiger partial charge in [0.2, 0.25) is 0 Å². The van der Waals surface area contributed by atoms with Gasteiger partial charge in [-0.1, -0.05) is 27.2 Å². The van der Waals surface area contributed by atoms with Gasteiger partial charge in [0.15, 0.2) is 5.89 Å². The molecule has 0 bridgehead atoms. The summed E-state index contributed by atoms with van der Waals surface area (Å²) in [6, 6.07) is 0. The van der Waals surface area contributed by atoms with Gasteiger partial charge in [-0.25, -0.2) is 9.78 Å². The topological polar surface area (TPSA) is 55.6 Å². The van der Waals surface area contributed by atoms with E-state index in [-0.39, 0.29) is 11.5 Å². The number of hydrogen-bond acceptors (Lipinski definition) is 4. The van der Waals surface area contributed by atoms with Gasteiger partial charge in [-0.3, -0.25) is 4.90 Å². The molecule has 1 aliphatic rings. The van der Waals surface area contributed by atoms with E-state index in [1.54, 1.807) is 4.90 Å². The van der Waals surface area contributed by atoms with Crippen molar-refractivity contribution in [2.75, 3.05) is 13.2 Å². The van der Waals surface area contributed by atoms with Crippen molar-refractivity contribution in [3.05, 3.63) is 17.3 Å². The van der Waals surface area contributed by atoms with E-state index < -0.39 is 0 Å². The zero-order chi connectivity index (χ0) is 14.0. The fourth-order valence-corrected chi connectivity index (χ4v) is 2.41. The summed E-state index contributed by atoms with van der Waals surface area (Å²) >= 11 is 0. The van der Waals surface area contributed by atoms with E-state index in [1.807, 2.05) is 6.92 Å². The first kappa shape index (κ1) is 13.9. The van der Waals surface area contributed by atoms with Crippen LogP contribution in [0.2, 0.25) is 0 Å². The SMILES string of the molecule is CCCCOC(=O)N1Cc2oc(C)nc2C(C)(C)C1. The molecule has 1 amide bonds. The monoisotopic (exact) mass is 266 g/mol. The molecule has 2 rings (SSSR count). The molecule has 0 saturated carbocycles. The molecule has 0 spiro atoms. The zero-order valence-electron chi connectivity index (χ0n) is 12.2. The van der Waals surface area contributed by atoms with Crippen LogP contribution in [-0.2, 0) is 16.7 Å². The van der Waals surface area contributed by atoms with Crippen molar-refractivity contribution < 1.29 is 13.9 Å². The summed E-state index contributed by atoms with van der Waals surface area (Å²) in [5.74, 6) is 1.43. The first-order valence-electron chi connectivity index (χ1n) is 6.82. The van der Waals surface area contributed by atoms with Crippen molar-refractivity contribution in [1.29, 1.82) is 0 Å². The quantitative estimate of drug-likeness (QED) is 0.789. The number of carbonyl (C=O) groups excluding carboxylic acids is 1. The van der Waals surface area contributed by atoms with Gasteiger partial charge < -0.3 is 9.15 Å². The number of unbranched alkanes of at least 4 members (excludes halogenated alkanes) is 1. The van der Waals surface area contributed by atoms with Gasteiger partial charge in [-0.2, -0.15) is 0 Å². The van der Waals surface area contributed by atoms with Crippen molar-refractivity contribution in [3.8, 4) is 0 Å². The molecule has 0 radical (unpaired) electrons. The molecule has 0 N–H and O–H groups in total. The summed E-state index contributed by atoms with van der Waals surface area (Å²) in [7, 11) is 0. The summed E-state index contributed by atoms with van der Waals surface area (Å²) in [5, 5.41) is 0. The maximum Gasteiger partial charge on any atom is 0.410 e. The highest BCUT2D eigenvalue weighted by atomic mass is 16.6. The molecule has 0 aliphatic carbocycles.